The standard InChI is InChI=1S/C19H23FN2O4S/c1-3-22(4-2)27(24,25)16-9-7-8-15(14-16)19(23)21-12-13-26-18-11-6-5-10-17(18)20/h5-11,14H,3-4,12-13H2,1-2H3,(H,21,23). The van der Waals surface area contributed by atoms with Crippen molar-refractivity contribution in [2.24, 2.45) is 0 Å². The number of hydrogen-bond donors (Lipinski definition) is 1. The summed E-state index contributed by atoms with van der Waals surface area (Å²) >= 11 is 0. The number of nitrogens with one attached hydrogen (secondary N) is 1. The van der Waals surface area contributed by atoms with Crippen molar-refractivity contribution in [3.63, 3.8) is 0 Å². The lowest BCUT2D eigenvalue weighted by Crippen LogP contribution is -2.31. The molecule has 0 aliphatic carbocycles. The normalized spacial score (nSPS) is 11.4. The first-order valence-corrected chi connectivity index (χ1v) is 10.1. The summed E-state index contributed by atoms with van der Waals surface area (Å²) < 4.78 is 45.2. The number of carbonyl (C=O) groups is 1. The molecule has 0 heterocycles. The molecule has 1 amide bonds. The van der Waals surface area contributed by atoms with Gasteiger partial charge >= 0.3 is 0 Å². The van der Waals surface area contributed by atoms with E-state index in [9.17, 15) is 17.6 Å². The molecule has 2 rings (SSSR count). The number of amides is 1. The summed E-state index contributed by atoms with van der Waals surface area (Å²) in [5, 5.41) is 2.63. The molecule has 0 bridgehead atoms. The van der Waals surface area contributed by atoms with Gasteiger partial charge < -0.3 is 10.1 Å². The van der Waals surface area contributed by atoms with E-state index >= 15 is 0 Å². The summed E-state index contributed by atoms with van der Waals surface area (Å²) in [5.41, 5.74) is 0.231. The molecule has 27 heavy (non-hydrogen) atoms. The van der Waals surface area contributed by atoms with Crippen molar-refractivity contribution in [1.82, 2.24) is 9.62 Å². The number of hydrogen-bond acceptors (Lipinski definition) is 4. The summed E-state index contributed by atoms with van der Waals surface area (Å²) in [6, 6.07) is 11.9. The second-order valence-electron chi connectivity index (χ2n) is 5.65. The number of rotatable bonds is 9. The van der Waals surface area contributed by atoms with Gasteiger partial charge in [-0.3, -0.25) is 4.79 Å². The third-order valence-corrected chi connectivity index (χ3v) is 5.97. The van der Waals surface area contributed by atoms with Crippen LogP contribution in [0, 0.1) is 5.82 Å². The summed E-state index contributed by atoms with van der Waals surface area (Å²) in [7, 11) is -3.64. The maximum atomic E-state index is 13.4. The summed E-state index contributed by atoms with van der Waals surface area (Å²) in [6.07, 6.45) is 0. The van der Waals surface area contributed by atoms with Gasteiger partial charge in [0.1, 0.15) is 6.61 Å². The molecular formula is C19H23FN2O4S. The van der Waals surface area contributed by atoms with Crippen LogP contribution in [0.4, 0.5) is 4.39 Å². The largest absolute Gasteiger partial charge is 0.489 e. The van der Waals surface area contributed by atoms with Crippen LogP contribution in [0.5, 0.6) is 5.75 Å². The Morgan fingerprint density at radius 2 is 1.81 bits per heavy atom. The van der Waals surface area contributed by atoms with E-state index < -0.39 is 21.7 Å². The van der Waals surface area contributed by atoms with Crippen molar-refractivity contribution in [2.75, 3.05) is 26.2 Å². The molecule has 0 fully saturated rings. The van der Waals surface area contributed by atoms with E-state index in [1.807, 2.05) is 0 Å². The van der Waals surface area contributed by atoms with Crippen LogP contribution in [0.3, 0.4) is 0 Å². The molecule has 0 spiro atoms. The Morgan fingerprint density at radius 1 is 1.11 bits per heavy atom. The highest BCUT2D eigenvalue weighted by Gasteiger charge is 2.22. The van der Waals surface area contributed by atoms with Gasteiger partial charge in [-0.2, -0.15) is 4.31 Å². The second kappa shape index (κ2) is 9.48. The number of para-hydroxylation sites is 1. The van der Waals surface area contributed by atoms with Crippen LogP contribution in [0.1, 0.15) is 24.2 Å². The van der Waals surface area contributed by atoms with Gasteiger partial charge in [0.05, 0.1) is 11.4 Å². The Hall–Kier alpha value is -2.45. The van der Waals surface area contributed by atoms with Gasteiger partial charge in [0.25, 0.3) is 5.91 Å². The van der Waals surface area contributed by atoms with E-state index in [0.29, 0.717) is 13.1 Å². The van der Waals surface area contributed by atoms with E-state index in [2.05, 4.69) is 5.32 Å². The zero-order valence-corrected chi connectivity index (χ0v) is 16.1. The average molecular weight is 394 g/mol. The number of benzene rings is 2. The zero-order valence-electron chi connectivity index (χ0n) is 15.3. The SMILES string of the molecule is CCN(CC)S(=O)(=O)c1cccc(C(=O)NCCOc2ccccc2F)c1. The van der Waals surface area contributed by atoms with Gasteiger partial charge in [-0.05, 0) is 30.3 Å². The molecular weight excluding hydrogens is 371 g/mol. The lowest BCUT2D eigenvalue weighted by atomic mass is 10.2. The van der Waals surface area contributed by atoms with Crippen LogP contribution in [0.2, 0.25) is 0 Å². The van der Waals surface area contributed by atoms with Crippen LogP contribution in [0.15, 0.2) is 53.4 Å². The predicted octanol–water partition coefficient (Wildman–Crippen LogP) is 2.67. The Balaban J connectivity index is 1.98. The Morgan fingerprint density at radius 3 is 2.48 bits per heavy atom. The molecule has 2 aromatic rings. The molecule has 146 valence electrons. The maximum absolute atomic E-state index is 13.4. The number of nitrogens with zero attached hydrogens (tertiary/aromatic N) is 1. The molecule has 0 unspecified atom stereocenters. The molecule has 0 atom stereocenters. The van der Waals surface area contributed by atoms with Gasteiger partial charge in [0.15, 0.2) is 11.6 Å². The van der Waals surface area contributed by atoms with Crippen LogP contribution >= 0.6 is 0 Å². The molecule has 0 radical (unpaired) electrons. The van der Waals surface area contributed by atoms with Gasteiger partial charge in [-0.1, -0.05) is 32.0 Å². The molecule has 2 aromatic carbocycles. The first kappa shape index (κ1) is 20.9. The zero-order chi connectivity index (χ0) is 19.9. The maximum Gasteiger partial charge on any atom is 0.251 e. The van der Waals surface area contributed by atoms with Crippen molar-refractivity contribution in [3.05, 3.63) is 59.9 Å². The quantitative estimate of drug-likeness (QED) is 0.664. The first-order chi connectivity index (χ1) is 12.9. The van der Waals surface area contributed by atoms with Crippen molar-refractivity contribution < 1.29 is 22.3 Å². The average Bonchev–Trinajstić information content (AvgIpc) is 2.67. The second-order valence-corrected chi connectivity index (χ2v) is 7.59. The number of halogens is 1. The minimum absolute atomic E-state index is 0.0708. The van der Waals surface area contributed by atoms with Gasteiger partial charge in [0, 0.05) is 18.7 Å². The van der Waals surface area contributed by atoms with Crippen molar-refractivity contribution in [3.8, 4) is 5.75 Å². The fraction of sp³-hybridized carbons (Fsp3) is 0.316. The molecule has 0 aliphatic rings. The lowest BCUT2D eigenvalue weighted by molar-refractivity contribution is 0.0946. The Labute approximate surface area is 159 Å². The number of sulfonamides is 1. The summed E-state index contributed by atoms with van der Waals surface area (Å²) in [6.45, 7) is 4.45. The third-order valence-electron chi connectivity index (χ3n) is 3.92. The van der Waals surface area contributed by atoms with Crippen LogP contribution in [-0.4, -0.2) is 44.9 Å². The fourth-order valence-corrected chi connectivity index (χ4v) is 4.00. The molecule has 6 nitrogen and oxygen atoms in total. The molecule has 0 aliphatic heterocycles. The fourth-order valence-electron chi connectivity index (χ4n) is 2.50. The summed E-state index contributed by atoms with van der Waals surface area (Å²) in [4.78, 5) is 12.3. The van der Waals surface area contributed by atoms with Crippen LogP contribution in [-0.2, 0) is 10.0 Å². The van der Waals surface area contributed by atoms with E-state index in [-0.39, 0.29) is 29.4 Å². The number of ether oxygens (including phenoxy) is 1. The van der Waals surface area contributed by atoms with Crippen LogP contribution < -0.4 is 10.1 Å². The van der Waals surface area contributed by atoms with E-state index in [4.69, 9.17) is 4.74 Å². The van der Waals surface area contributed by atoms with E-state index in [0.717, 1.165) is 0 Å². The highest BCUT2D eigenvalue weighted by molar-refractivity contribution is 7.89. The predicted molar refractivity (Wildman–Crippen MR) is 101 cm³/mol. The molecule has 1 N–H and O–H groups in total. The van der Waals surface area contributed by atoms with Crippen molar-refractivity contribution in [1.29, 1.82) is 0 Å². The molecule has 8 heteroatoms. The Bertz CT molecular complexity index is 883. The van der Waals surface area contributed by atoms with E-state index in [1.165, 1.54) is 40.7 Å². The van der Waals surface area contributed by atoms with Gasteiger partial charge in [-0.25, -0.2) is 12.8 Å². The molecule has 0 saturated heterocycles. The van der Waals surface area contributed by atoms with Crippen LogP contribution in [0.25, 0.3) is 0 Å². The molecule has 0 saturated carbocycles. The summed E-state index contributed by atoms with van der Waals surface area (Å²) in [5.74, 6) is -0.791. The topological polar surface area (TPSA) is 75.7 Å². The highest BCUT2D eigenvalue weighted by Crippen LogP contribution is 2.17. The monoisotopic (exact) mass is 394 g/mol. The van der Waals surface area contributed by atoms with Crippen molar-refractivity contribution >= 4 is 15.9 Å². The third kappa shape index (κ3) is 5.27. The van der Waals surface area contributed by atoms with Gasteiger partial charge in [0.2, 0.25) is 10.0 Å². The smallest absolute Gasteiger partial charge is 0.251 e. The highest BCUT2D eigenvalue weighted by atomic mass is 32.2. The van der Waals surface area contributed by atoms with Gasteiger partial charge in [-0.15, -0.1) is 0 Å². The first-order valence-electron chi connectivity index (χ1n) is 8.65. The van der Waals surface area contributed by atoms with Crippen molar-refractivity contribution in [2.45, 2.75) is 18.7 Å². The molecule has 0 aromatic heterocycles. The lowest BCUT2D eigenvalue weighted by Gasteiger charge is -2.18. The number of carbonyl (C=O) groups excluding carboxylic acids is 1. The minimum Gasteiger partial charge on any atom is -0.489 e. The Kier molecular flexibility index (Phi) is 7.32. The minimum atomic E-state index is -3.64. The van der Waals surface area contributed by atoms with E-state index in [1.54, 1.807) is 26.0 Å².